The third-order valence-electron chi connectivity index (χ3n) is 4.37. The Morgan fingerprint density at radius 2 is 2.19 bits per heavy atom. The molecule has 3 rings (SSSR count). The fraction of sp³-hybridized carbons (Fsp3) is 0.389. The fourth-order valence-corrected chi connectivity index (χ4v) is 4.66. The standard InChI is InChI=1S/C18H23N5O2S2/c1-11-8-14(13(3)22(11)12(2)9-25-4)15(24)10-27-18-21-20-17(23(18)19)16-6-5-7-26-16/h5-8,12H,9-10,19H2,1-4H3/t12-/m0/s1. The van der Waals surface area contributed by atoms with E-state index >= 15 is 0 Å². The zero-order chi connectivity index (χ0) is 19.6. The second-order valence-corrected chi connectivity index (χ2v) is 8.21. The Labute approximate surface area is 166 Å². The first kappa shape index (κ1) is 19.7. The van der Waals surface area contributed by atoms with Gasteiger partial charge in [0.2, 0.25) is 5.16 Å². The number of nitrogen functional groups attached to an aromatic ring is 1. The van der Waals surface area contributed by atoms with Crippen molar-refractivity contribution in [3.8, 4) is 10.7 Å². The molecule has 7 nitrogen and oxygen atoms in total. The van der Waals surface area contributed by atoms with Crippen LogP contribution >= 0.6 is 23.1 Å². The van der Waals surface area contributed by atoms with Crippen molar-refractivity contribution in [3.05, 3.63) is 40.5 Å². The molecule has 0 saturated heterocycles. The second-order valence-electron chi connectivity index (χ2n) is 6.32. The van der Waals surface area contributed by atoms with Crippen molar-refractivity contribution in [1.82, 2.24) is 19.4 Å². The van der Waals surface area contributed by atoms with Crippen LogP contribution in [0.25, 0.3) is 10.7 Å². The van der Waals surface area contributed by atoms with Crippen LogP contribution in [-0.4, -0.2) is 44.7 Å². The summed E-state index contributed by atoms with van der Waals surface area (Å²) < 4.78 is 8.83. The lowest BCUT2D eigenvalue weighted by Crippen LogP contribution is -2.15. The van der Waals surface area contributed by atoms with Crippen molar-refractivity contribution in [1.29, 1.82) is 0 Å². The average molecular weight is 406 g/mol. The molecule has 0 bridgehead atoms. The lowest BCUT2D eigenvalue weighted by atomic mass is 10.2. The van der Waals surface area contributed by atoms with Gasteiger partial charge >= 0.3 is 0 Å². The normalized spacial score (nSPS) is 12.4. The number of thioether (sulfide) groups is 1. The molecule has 3 heterocycles. The predicted octanol–water partition coefficient (Wildman–Crippen LogP) is 3.32. The average Bonchev–Trinajstić information content (AvgIpc) is 3.33. The molecule has 0 fully saturated rings. The number of aromatic nitrogens is 4. The number of rotatable bonds is 8. The first-order valence-corrected chi connectivity index (χ1v) is 10.4. The SMILES string of the molecule is COC[C@H](C)n1c(C)cc(C(=O)CSc2nnc(-c3cccs3)n2N)c1C. The molecule has 9 heteroatoms. The van der Waals surface area contributed by atoms with Gasteiger partial charge in [-0.05, 0) is 38.3 Å². The quantitative estimate of drug-likeness (QED) is 0.351. The largest absolute Gasteiger partial charge is 0.383 e. The van der Waals surface area contributed by atoms with Crippen molar-refractivity contribution in [2.45, 2.75) is 32.0 Å². The van der Waals surface area contributed by atoms with E-state index in [0.29, 0.717) is 17.6 Å². The summed E-state index contributed by atoms with van der Waals surface area (Å²) in [5.74, 6) is 7.00. The number of nitrogens with zero attached hydrogens (tertiary/aromatic N) is 4. The zero-order valence-electron chi connectivity index (χ0n) is 15.8. The third kappa shape index (κ3) is 3.95. The van der Waals surface area contributed by atoms with E-state index in [2.05, 4.69) is 21.7 Å². The van der Waals surface area contributed by atoms with Gasteiger partial charge in [-0.15, -0.1) is 21.5 Å². The first-order chi connectivity index (χ1) is 12.9. The maximum atomic E-state index is 12.8. The number of hydrogen-bond acceptors (Lipinski definition) is 7. The van der Waals surface area contributed by atoms with Crippen LogP contribution in [0.3, 0.4) is 0 Å². The summed E-state index contributed by atoms with van der Waals surface area (Å²) >= 11 is 2.84. The highest BCUT2D eigenvalue weighted by molar-refractivity contribution is 7.99. The Kier molecular flexibility index (Phi) is 6.03. The number of ketones is 1. The molecule has 0 aliphatic rings. The molecule has 0 aliphatic heterocycles. The molecular weight excluding hydrogens is 382 g/mol. The summed E-state index contributed by atoms with van der Waals surface area (Å²) in [6.07, 6.45) is 0. The summed E-state index contributed by atoms with van der Waals surface area (Å²) in [5.41, 5.74) is 2.73. The number of Topliss-reactive ketones (excluding diaryl/α,β-unsaturated/α-hetero) is 1. The smallest absolute Gasteiger partial charge is 0.210 e. The molecule has 27 heavy (non-hydrogen) atoms. The van der Waals surface area contributed by atoms with Crippen molar-refractivity contribution < 1.29 is 9.53 Å². The molecule has 3 aromatic rings. The third-order valence-corrected chi connectivity index (χ3v) is 6.18. The summed E-state index contributed by atoms with van der Waals surface area (Å²) in [7, 11) is 1.68. The molecule has 2 N–H and O–H groups in total. The van der Waals surface area contributed by atoms with Crippen LogP contribution in [-0.2, 0) is 4.74 Å². The Morgan fingerprint density at radius 1 is 1.41 bits per heavy atom. The number of carbonyl (C=O) groups is 1. The molecule has 3 aromatic heterocycles. The van der Waals surface area contributed by atoms with Gasteiger partial charge in [-0.1, -0.05) is 17.8 Å². The molecule has 1 atom stereocenters. The number of hydrogen-bond donors (Lipinski definition) is 1. The highest BCUT2D eigenvalue weighted by Crippen LogP contribution is 2.27. The summed E-state index contributed by atoms with van der Waals surface area (Å²) in [6.45, 7) is 6.65. The van der Waals surface area contributed by atoms with Gasteiger partial charge in [0.1, 0.15) is 0 Å². The summed E-state index contributed by atoms with van der Waals surface area (Å²) in [6, 6.07) is 5.98. The van der Waals surface area contributed by atoms with E-state index in [0.717, 1.165) is 21.8 Å². The second kappa shape index (κ2) is 8.28. The van der Waals surface area contributed by atoms with Crippen LogP contribution in [0.1, 0.15) is 34.7 Å². The minimum Gasteiger partial charge on any atom is -0.383 e. The minimum atomic E-state index is 0.0460. The maximum absolute atomic E-state index is 12.8. The van der Waals surface area contributed by atoms with Crippen LogP contribution in [0.5, 0.6) is 0 Å². The maximum Gasteiger partial charge on any atom is 0.210 e. The van der Waals surface area contributed by atoms with Crippen LogP contribution in [0.4, 0.5) is 0 Å². The number of methoxy groups -OCH3 is 1. The van der Waals surface area contributed by atoms with Gasteiger partial charge in [-0.2, -0.15) is 0 Å². The zero-order valence-corrected chi connectivity index (χ0v) is 17.4. The highest BCUT2D eigenvalue weighted by Gasteiger charge is 2.20. The van der Waals surface area contributed by atoms with Gasteiger partial charge in [-0.25, -0.2) is 4.68 Å². The van der Waals surface area contributed by atoms with Crippen molar-refractivity contribution in [2.24, 2.45) is 0 Å². The van der Waals surface area contributed by atoms with E-state index in [1.807, 2.05) is 37.4 Å². The van der Waals surface area contributed by atoms with E-state index in [4.69, 9.17) is 10.6 Å². The van der Waals surface area contributed by atoms with E-state index < -0.39 is 0 Å². The lowest BCUT2D eigenvalue weighted by molar-refractivity contribution is 0.102. The van der Waals surface area contributed by atoms with Crippen LogP contribution in [0.15, 0.2) is 28.7 Å². The molecule has 0 radical (unpaired) electrons. The van der Waals surface area contributed by atoms with Gasteiger partial charge < -0.3 is 15.1 Å². The van der Waals surface area contributed by atoms with Crippen molar-refractivity contribution in [3.63, 3.8) is 0 Å². The number of nitrogens with two attached hydrogens (primary N) is 1. The van der Waals surface area contributed by atoms with Crippen LogP contribution in [0, 0.1) is 13.8 Å². The molecule has 0 amide bonds. The number of ether oxygens (including phenoxy) is 1. The van der Waals surface area contributed by atoms with Crippen LogP contribution in [0.2, 0.25) is 0 Å². The van der Waals surface area contributed by atoms with Gasteiger partial charge in [0.05, 0.1) is 23.3 Å². The lowest BCUT2D eigenvalue weighted by Gasteiger charge is -2.17. The molecule has 0 saturated carbocycles. The van der Waals surface area contributed by atoms with Gasteiger partial charge in [0.15, 0.2) is 11.6 Å². The molecular formula is C18H23N5O2S2. The fourth-order valence-electron chi connectivity index (χ4n) is 3.21. The topological polar surface area (TPSA) is 88.0 Å². The number of carbonyl (C=O) groups excluding carboxylic acids is 1. The van der Waals surface area contributed by atoms with E-state index in [-0.39, 0.29) is 17.6 Å². The van der Waals surface area contributed by atoms with Crippen LogP contribution < -0.4 is 5.84 Å². The molecule has 144 valence electrons. The molecule has 0 unspecified atom stereocenters. The van der Waals surface area contributed by atoms with Gasteiger partial charge in [-0.3, -0.25) is 4.79 Å². The minimum absolute atomic E-state index is 0.0460. The number of aryl methyl sites for hydroxylation is 1. The monoisotopic (exact) mass is 405 g/mol. The van der Waals surface area contributed by atoms with E-state index in [1.54, 1.807) is 18.4 Å². The molecule has 0 spiro atoms. The van der Waals surface area contributed by atoms with E-state index in [1.165, 1.54) is 16.4 Å². The summed E-state index contributed by atoms with van der Waals surface area (Å²) in [4.78, 5) is 13.7. The highest BCUT2D eigenvalue weighted by atomic mass is 32.2. The van der Waals surface area contributed by atoms with Crippen molar-refractivity contribution in [2.75, 3.05) is 25.3 Å². The first-order valence-electron chi connectivity index (χ1n) is 8.51. The molecule has 0 aliphatic carbocycles. The Bertz CT molecular complexity index is 930. The van der Waals surface area contributed by atoms with E-state index in [9.17, 15) is 4.79 Å². The Hall–Kier alpha value is -2.10. The summed E-state index contributed by atoms with van der Waals surface area (Å²) in [5, 5.41) is 10.7. The number of thiophene rings is 1. The van der Waals surface area contributed by atoms with Crippen molar-refractivity contribution >= 4 is 28.9 Å². The van der Waals surface area contributed by atoms with Gasteiger partial charge in [0, 0.05) is 24.1 Å². The van der Waals surface area contributed by atoms with Gasteiger partial charge in [0.25, 0.3) is 0 Å². The Morgan fingerprint density at radius 3 is 2.85 bits per heavy atom. The Balaban J connectivity index is 1.73. The predicted molar refractivity (Wildman–Crippen MR) is 109 cm³/mol. The molecule has 0 aromatic carbocycles.